The predicted molar refractivity (Wildman–Crippen MR) is 89.1 cm³/mol. The van der Waals surface area contributed by atoms with E-state index in [-0.39, 0.29) is 18.2 Å². The average Bonchev–Trinajstić information content (AvgIpc) is 3.32. The number of nitrogens with one attached hydrogen (secondary N) is 2. The van der Waals surface area contributed by atoms with Gasteiger partial charge in [0.25, 0.3) is 0 Å². The Balaban J connectivity index is 1.50. The number of carbonyl (C=O) groups is 2. The monoisotopic (exact) mass is 325 g/mol. The standard InChI is InChI=1S/C17H19N5O2/c1-2-16(23)20-13-5-3-12(4-6-13)9-17(24)18-10-15-21-19-11-22(15)14-7-8-14/h2-6,11,14H,1,7-10H2,(H,18,24)(H,20,23). The highest BCUT2D eigenvalue weighted by Crippen LogP contribution is 2.35. The summed E-state index contributed by atoms with van der Waals surface area (Å²) in [4.78, 5) is 23.3. The molecule has 2 N–H and O–H groups in total. The Bertz CT molecular complexity index is 747. The molecule has 7 nitrogen and oxygen atoms in total. The minimum Gasteiger partial charge on any atom is -0.349 e. The number of amides is 2. The number of aromatic nitrogens is 3. The molecule has 1 aromatic heterocycles. The van der Waals surface area contributed by atoms with Gasteiger partial charge in [-0.05, 0) is 36.6 Å². The summed E-state index contributed by atoms with van der Waals surface area (Å²) in [5.41, 5.74) is 1.54. The number of hydrogen-bond donors (Lipinski definition) is 2. The van der Waals surface area contributed by atoms with Crippen molar-refractivity contribution in [1.29, 1.82) is 0 Å². The fourth-order valence-corrected chi connectivity index (χ4v) is 2.38. The number of anilines is 1. The number of hydrogen-bond acceptors (Lipinski definition) is 4. The van der Waals surface area contributed by atoms with Crippen molar-refractivity contribution in [2.75, 3.05) is 5.32 Å². The number of benzene rings is 1. The van der Waals surface area contributed by atoms with Crippen LogP contribution in [0.25, 0.3) is 0 Å². The molecular weight excluding hydrogens is 306 g/mol. The second-order valence-corrected chi connectivity index (χ2v) is 5.73. The molecule has 2 aromatic rings. The zero-order valence-electron chi connectivity index (χ0n) is 13.2. The van der Waals surface area contributed by atoms with E-state index in [1.165, 1.54) is 6.08 Å². The SMILES string of the molecule is C=CC(=O)Nc1ccc(CC(=O)NCc2nncn2C2CC2)cc1. The fourth-order valence-electron chi connectivity index (χ4n) is 2.38. The predicted octanol–water partition coefficient (Wildman–Crippen LogP) is 1.60. The maximum atomic E-state index is 12.1. The molecule has 1 heterocycles. The van der Waals surface area contributed by atoms with Crippen molar-refractivity contribution < 1.29 is 9.59 Å². The molecule has 3 rings (SSSR count). The quantitative estimate of drug-likeness (QED) is 0.757. The molecule has 0 aliphatic heterocycles. The fraction of sp³-hybridized carbons (Fsp3) is 0.294. The van der Waals surface area contributed by atoms with Crippen molar-refractivity contribution in [2.45, 2.75) is 31.8 Å². The van der Waals surface area contributed by atoms with Crippen molar-refractivity contribution in [3.05, 3.63) is 54.6 Å². The minimum absolute atomic E-state index is 0.0803. The van der Waals surface area contributed by atoms with Crippen LogP contribution in [-0.2, 0) is 22.6 Å². The third kappa shape index (κ3) is 4.07. The van der Waals surface area contributed by atoms with Crippen LogP contribution < -0.4 is 10.6 Å². The Kier molecular flexibility index (Phi) is 4.69. The van der Waals surface area contributed by atoms with Crippen LogP contribution in [-0.4, -0.2) is 26.6 Å². The van der Waals surface area contributed by atoms with Gasteiger partial charge in [0, 0.05) is 11.7 Å². The van der Waals surface area contributed by atoms with Crippen LogP contribution in [0.1, 0.15) is 30.3 Å². The zero-order valence-corrected chi connectivity index (χ0v) is 13.2. The van der Waals surface area contributed by atoms with Crippen molar-refractivity contribution in [2.24, 2.45) is 0 Å². The van der Waals surface area contributed by atoms with Gasteiger partial charge in [0.15, 0.2) is 5.82 Å². The molecule has 0 atom stereocenters. The summed E-state index contributed by atoms with van der Waals surface area (Å²) < 4.78 is 2.03. The van der Waals surface area contributed by atoms with Crippen LogP contribution in [0, 0.1) is 0 Å². The van der Waals surface area contributed by atoms with Gasteiger partial charge >= 0.3 is 0 Å². The molecule has 0 spiro atoms. The minimum atomic E-state index is -0.264. The van der Waals surface area contributed by atoms with Gasteiger partial charge in [-0.15, -0.1) is 10.2 Å². The van der Waals surface area contributed by atoms with Crippen molar-refractivity contribution in [3.63, 3.8) is 0 Å². The molecule has 2 amide bonds. The Morgan fingerprint density at radius 1 is 1.29 bits per heavy atom. The van der Waals surface area contributed by atoms with E-state index in [0.29, 0.717) is 18.3 Å². The summed E-state index contributed by atoms with van der Waals surface area (Å²) in [5, 5.41) is 13.5. The van der Waals surface area contributed by atoms with Crippen LogP contribution in [0.2, 0.25) is 0 Å². The van der Waals surface area contributed by atoms with E-state index < -0.39 is 0 Å². The van der Waals surface area contributed by atoms with Crippen molar-refractivity contribution in [1.82, 2.24) is 20.1 Å². The van der Waals surface area contributed by atoms with Gasteiger partial charge in [0.1, 0.15) is 6.33 Å². The Morgan fingerprint density at radius 3 is 2.71 bits per heavy atom. The van der Waals surface area contributed by atoms with Gasteiger partial charge in [-0.1, -0.05) is 18.7 Å². The number of rotatable bonds is 7. The molecule has 0 bridgehead atoms. The molecule has 1 aromatic carbocycles. The molecule has 1 fully saturated rings. The average molecular weight is 325 g/mol. The molecule has 124 valence electrons. The Hall–Kier alpha value is -2.96. The lowest BCUT2D eigenvalue weighted by Gasteiger charge is -2.07. The number of carbonyl (C=O) groups excluding carboxylic acids is 2. The second kappa shape index (κ2) is 7.08. The van der Waals surface area contributed by atoms with E-state index in [1.54, 1.807) is 18.5 Å². The van der Waals surface area contributed by atoms with Crippen LogP contribution in [0.4, 0.5) is 5.69 Å². The van der Waals surface area contributed by atoms with Crippen LogP contribution in [0.5, 0.6) is 0 Å². The molecule has 0 unspecified atom stereocenters. The highest BCUT2D eigenvalue weighted by Gasteiger charge is 2.25. The van der Waals surface area contributed by atoms with E-state index in [2.05, 4.69) is 27.4 Å². The van der Waals surface area contributed by atoms with Crippen LogP contribution in [0.15, 0.2) is 43.2 Å². The Labute approximate surface area is 139 Å². The first-order chi connectivity index (χ1) is 11.7. The molecule has 1 aliphatic carbocycles. The molecule has 7 heteroatoms. The van der Waals surface area contributed by atoms with Crippen LogP contribution in [0.3, 0.4) is 0 Å². The largest absolute Gasteiger partial charge is 0.349 e. The lowest BCUT2D eigenvalue weighted by atomic mass is 10.1. The van der Waals surface area contributed by atoms with E-state index in [1.807, 2.05) is 16.7 Å². The summed E-state index contributed by atoms with van der Waals surface area (Å²) in [5.74, 6) is 0.442. The summed E-state index contributed by atoms with van der Waals surface area (Å²) in [6.07, 6.45) is 5.49. The molecule has 0 radical (unpaired) electrons. The van der Waals surface area contributed by atoms with Crippen molar-refractivity contribution in [3.8, 4) is 0 Å². The highest BCUT2D eigenvalue weighted by atomic mass is 16.2. The third-order valence-electron chi connectivity index (χ3n) is 3.80. The lowest BCUT2D eigenvalue weighted by molar-refractivity contribution is -0.120. The van der Waals surface area contributed by atoms with E-state index >= 15 is 0 Å². The molecule has 0 saturated heterocycles. The van der Waals surface area contributed by atoms with Gasteiger partial charge in [-0.2, -0.15) is 0 Å². The second-order valence-electron chi connectivity index (χ2n) is 5.73. The van der Waals surface area contributed by atoms with Crippen LogP contribution >= 0.6 is 0 Å². The summed E-state index contributed by atoms with van der Waals surface area (Å²) >= 11 is 0. The number of nitrogens with zero attached hydrogens (tertiary/aromatic N) is 3. The summed E-state index contributed by atoms with van der Waals surface area (Å²) in [6, 6.07) is 7.63. The van der Waals surface area contributed by atoms with E-state index in [4.69, 9.17) is 0 Å². The normalized spacial score (nSPS) is 13.3. The Morgan fingerprint density at radius 2 is 2.04 bits per heavy atom. The van der Waals surface area contributed by atoms with Gasteiger partial charge in [-0.25, -0.2) is 0 Å². The molecule has 24 heavy (non-hydrogen) atoms. The molecule has 1 saturated carbocycles. The van der Waals surface area contributed by atoms with E-state index in [9.17, 15) is 9.59 Å². The molecule has 1 aliphatic rings. The highest BCUT2D eigenvalue weighted by molar-refractivity contribution is 5.98. The molecular formula is C17H19N5O2. The van der Waals surface area contributed by atoms with Gasteiger partial charge < -0.3 is 15.2 Å². The summed E-state index contributed by atoms with van der Waals surface area (Å²) in [6.45, 7) is 3.78. The maximum absolute atomic E-state index is 12.1. The smallest absolute Gasteiger partial charge is 0.247 e. The van der Waals surface area contributed by atoms with Gasteiger partial charge in [0.05, 0.1) is 13.0 Å². The first-order valence-electron chi connectivity index (χ1n) is 7.83. The summed E-state index contributed by atoms with van der Waals surface area (Å²) in [7, 11) is 0. The topological polar surface area (TPSA) is 88.9 Å². The van der Waals surface area contributed by atoms with Gasteiger partial charge in [0.2, 0.25) is 11.8 Å². The third-order valence-corrected chi connectivity index (χ3v) is 3.80. The van der Waals surface area contributed by atoms with E-state index in [0.717, 1.165) is 24.2 Å². The maximum Gasteiger partial charge on any atom is 0.247 e. The first kappa shape index (κ1) is 15.9. The van der Waals surface area contributed by atoms with Gasteiger partial charge in [-0.3, -0.25) is 9.59 Å². The zero-order chi connectivity index (χ0) is 16.9. The van der Waals surface area contributed by atoms with Crippen molar-refractivity contribution >= 4 is 17.5 Å². The first-order valence-corrected chi connectivity index (χ1v) is 7.83. The lowest BCUT2D eigenvalue weighted by Crippen LogP contribution is -2.26.